The normalized spacial score (nSPS) is 22.9. The summed E-state index contributed by atoms with van der Waals surface area (Å²) in [6.45, 7) is 2.79. The van der Waals surface area contributed by atoms with Crippen molar-refractivity contribution in [2.45, 2.75) is 50.6 Å². The van der Waals surface area contributed by atoms with Crippen molar-refractivity contribution >= 4 is 11.6 Å². The molecule has 0 radical (unpaired) electrons. The van der Waals surface area contributed by atoms with E-state index in [9.17, 15) is 0 Å². The summed E-state index contributed by atoms with van der Waals surface area (Å²) in [4.78, 5) is 2.45. The second-order valence-electron chi connectivity index (χ2n) is 7.11. The smallest absolute Gasteiger partial charge is 0.142 e. The van der Waals surface area contributed by atoms with Crippen LogP contribution in [0.3, 0.4) is 0 Å². The summed E-state index contributed by atoms with van der Waals surface area (Å²) in [5, 5.41) is 0.572. The molecule has 2 fully saturated rings. The van der Waals surface area contributed by atoms with Gasteiger partial charge in [-0.1, -0.05) is 30.9 Å². The first-order valence-electron chi connectivity index (χ1n) is 8.86. The maximum Gasteiger partial charge on any atom is 0.142 e. The third kappa shape index (κ3) is 4.00. The third-order valence-electron chi connectivity index (χ3n) is 5.53. The van der Waals surface area contributed by atoms with Crippen molar-refractivity contribution in [1.29, 1.82) is 0 Å². The Balaban J connectivity index is 1.64. The van der Waals surface area contributed by atoms with Crippen LogP contribution in [0, 0.1) is 5.92 Å². The van der Waals surface area contributed by atoms with Crippen molar-refractivity contribution in [3.05, 3.63) is 28.8 Å². The third-order valence-corrected chi connectivity index (χ3v) is 5.77. The molecule has 1 aromatic carbocycles. The summed E-state index contributed by atoms with van der Waals surface area (Å²) in [6, 6.07) is 5.26. The molecule has 0 atom stereocenters. The van der Waals surface area contributed by atoms with Crippen LogP contribution in [-0.2, 0) is 5.67 Å². The van der Waals surface area contributed by atoms with Gasteiger partial charge in [-0.3, -0.25) is 0 Å². The molecule has 2 nitrogen and oxygen atoms in total. The molecule has 0 aromatic heterocycles. The highest BCUT2D eigenvalue weighted by atomic mass is 35.5. The number of likely N-dealkylation sites (tertiary alicyclic amines) is 1. The number of hydrogen-bond acceptors (Lipinski definition) is 2. The molecule has 2 aliphatic rings. The zero-order valence-electron chi connectivity index (χ0n) is 14.0. The molecule has 3 rings (SSSR count). The molecule has 128 valence electrons. The number of methoxy groups -OCH3 is 1. The fourth-order valence-corrected chi connectivity index (χ4v) is 4.30. The highest BCUT2D eigenvalue weighted by Gasteiger charge is 2.39. The van der Waals surface area contributed by atoms with Crippen molar-refractivity contribution in [2.24, 2.45) is 5.92 Å². The second kappa shape index (κ2) is 7.40. The Bertz CT molecular complexity index is 522. The number of hydrogen-bond donors (Lipinski definition) is 0. The lowest BCUT2D eigenvalue weighted by Crippen LogP contribution is -2.42. The highest BCUT2D eigenvalue weighted by Crippen LogP contribution is 2.42. The van der Waals surface area contributed by atoms with Gasteiger partial charge in [0.15, 0.2) is 0 Å². The molecule has 0 spiro atoms. The Morgan fingerprint density at radius 2 is 1.91 bits per heavy atom. The monoisotopic (exact) mass is 339 g/mol. The van der Waals surface area contributed by atoms with Gasteiger partial charge in [0.05, 0.1) is 7.11 Å². The molecule has 23 heavy (non-hydrogen) atoms. The van der Waals surface area contributed by atoms with Gasteiger partial charge in [-0.2, -0.15) is 0 Å². The average molecular weight is 340 g/mol. The number of nitrogens with zero attached hydrogens (tertiary/aromatic N) is 1. The van der Waals surface area contributed by atoms with Gasteiger partial charge in [-0.05, 0) is 49.8 Å². The standard InChI is InChI=1S/C19H27ClFNO/c1-23-18-8-7-16(20)13-17(18)19(21)9-11-22(12-10-19)14-15-5-3-2-4-6-15/h7-8,13,15H,2-6,9-12,14H2,1H3. The van der Waals surface area contributed by atoms with Gasteiger partial charge in [0, 0.05) is 30.2 Å². The molecule has 1 aromatic rings. The zero-order chi connectivity index (χ0) is 16.3. The van der Waals surface area contributed by atoms with Crippen molar-refractivity contribution in [3.8, 4) is 5.75 Å². The maximum absolute atomic E-state index is 15.5. The van der Waals surface area contributed by atoms with E-state index in [1.165, 1.54) is 32.1 Å². The van der Waals surface area contributed by atoms with E-state index >= 15 is 4.39 Å². The fourth-order valence-electron chi connectivity index (χ4n) is 4.12. The van der Waals surface area contributed by atoms with E-state index in [0.717, 1.165) is 25.6 Å². The molecule has 1 heterocycles. The Labute approximate surface area is 144 Å². The van der Waals surface area contributed by atoms with Crippen LogP contribution in [0.2, 0.25) is 5.02 Å². The largest absolute Gasteiger partial charge is 0.496 e. The summed E-state index contributed by atoms with van der Waals surface area (Å²) in [7, 11) is 1.59. The Kier molecular flexibility index (Phi) is 5.48. The van der Waals surface area contributed by atoms with Crippen LogP contribution in [-0.4, -0.2) is 31.6 Å². The quantitative estimate of drug-likeness (QED) is 0.748. The summed E-state index contributed by atoms with van der Waals surface area (Å²) < 4.78 is 20.9. The Morgan fingerprint density at radius 1 is 1.22 bits per heavy atom. The highest BCUT2D eigenvalue weighted by molar-refractivity contribution is 6.30. The van der Waals surface area contributed by atoms with Crippen molar-refractivity contribution in [3.63, 3.8) is 0 Å². The lowest BCUT2D eigenvalue weighted by molar-refractivity contribution is 0.0440. The van der Waals surface area contributed by atoms with Crippen molar-refractivity contribution in [2.75, 3.05) is 26.7 Å². The van der Waals surface area contributed by atoms with E-state index in [2.05, 4.69) is 4.90 Å². The lowest BCUT2D eigenvalue weighted by atomic mass is 9.84. The van der Waals surface area contributed by atoms with Gasteiger partial charge in [-0.15, -0.1) is 0 Å². The Hall–Kier alpha value is -0.800. The number of benzene rings is 1. The van der Waals surface area contributed by atoms with E-state index < -0.39 is 5.67 Å². The summed E-state index contributed by atoms with van der Waals surface area (Å²) in [6.07, 6.45) is 7.86. The SMILES string of the molecule is COc1ccc(Cl)cc1C1(F)CCN(CC2CCCCC2)CC1. The van der Waals surface area contributed by atoms with E-state index in [1.54, 1.807) is 25.3 Å². The molecular formula is C19H27ClFNO. The molecule has 0 bridgehead atoms. The van der Waals surface area contributed by atoms with E-state index in [0.29, 0.717) is 29.2 Å². The molecule has 1 saturated carbocycles. The van der Waals surface area contributed by atoms with Crippen LogP contribution in [0.5, 0.6) is 5.75 Å². The molecule has 1 aliphatic heterocycles. The second-order valence-corrected chi connectivity index (χ2v) is 7.55. The molecule has 4 heteroatoms. The predicted octanol–water partition coefficient (Wildman–Crippen LogP) is 5.19. The zero-order valence-corrected chi connectivity index (χ0v) is 14.7. The topological polar surface area (TPSA) is 12.5 Å². The lowest BCUT2D eigenvalue weighted by Gasteiger charge is -2.39. The first kappa shape index (κ1) is 17.0. The van der Waals surface area contributed by atoms with Crippen LogP contribution in [0.15, 0.2) is 18.2 Å². The van der Waals surface area contributed by atoms with E-state index in [1.807, 2.05) is 0 Å². The van der Waals surface area contributed by atoms with Crippen molar-refractivity contribution in [1.82, 2.24) is 4.90 Å². The van der Waals surface area contributed by atoms with Gasteiger partial charge in [0.1, 0.15) is 11.4 Å². The fraction of sp³-hybridized carbons (Fsp3) is 0.684. The van der Waals surface area contributed by atoms with Crippen LogP contribution in [0.1, 0.15) is 50.5 Å². The average Bonchev–Trinajstić information content (AvgIpc) is 2.58. The minimum atomic E-state index is -1.32. The number of rotatable bonds is 4. The van der Waals surface area contributed by atoms with Crippen molar-refractivity contribution < 1.29 is 9.13 Å². The summed E-state index contributed by atoms with van der Waals surface area (Å²) >= 11 is 6.08. The minimum Gasteiger partial charge on any atom is -0.496 e. The molecule has 1 aliphatic carbocycles. The first-order valence-corrected chi connectivity index (χ1v) is 9.24. The number of piperidine rings is 1. The Morgan fingerprint density at radius 3 is 2.57 bits per heavy atom. The predicted molar refractivity (Wildman–Crippen MR) is 93.0 cm³/mol. The molecule has 1 saturated heterocycles. The maximum atomic E-state index is 15.5. The minimum absolute atomic E-state index is 0.524. The number of halogens is 2. The van der Waals surface area contributed by atoms with Gasteiger partial charge >= 0.3 is 0 Å². The molecule has 0 unspecified atom stereocenters. The number of alkyl halides is 1. The summed E-state index contributed by atoms with van der Waals surface area (Å²) in [5.74, 6) is 1.43. The van der Waals surface area contributed by atoms with Gasteiger partial charge < -0.3 is 9.64 Å². The van der Waals surface area contributed by atoms with Gasteiger partial charge in [-0.25, -0.2) is 4.39 Å². The molecular weight excluding hydrogens is 313 g/mol. The van der Waals surface area contributed by atoms with E-state index in [-0.39, 0.29) is 0 Å². The van der Waals surface area contributed by atoms with Crippen LogP contribution in [0.4, 0.5) is 4.39 Å². The van der Waals surface area contributed by atoms with Crippen LogP contribution < -0.4 is 4.74 Å². The van der Waals surface area contributed by atoms with Crippen LogP contribution in [0.25, 0.3) is 0 Å². The van der Waals surface area contributed by atoms with Crippen LogP contribution >= 0.6 is 11.6 Å². The van der Waals surface area contributed by atoms with Gasteiger partial charge in [0.25, 0.3) is 0 Å². The molecule has 0 N–H and O–H groups in total. The first-order chi connectivity index (χ1) is 11.1. The number of ether oxygens (including phenoxy) is 1. The van der Waals surface area contributed by atoms with Gasteiger partial charge in [0.2, 0.25) is 0 Å². The summed E-state index contributed by atoms with van der Waals surface area (Å²) in [5.41, 5.74) is -0.705. The van der Waals surface area contributed by atoms with E-state index in [4.69, 9.17) is 16.3 Å². The molecule has 0 amide bonds.